The van der Waals surface area contributed by atoms with E-state index in [2.05, 4.69) is 5.32 Å². The summed E-state index contributed by atoms with van der Waals surface area (Å²) < 4.78 is 69.7. The number of esters is 1. The molecule has 1 aliphatic rings. The maximum Gasteiger partial charge on any atom is 0.416 e. The van der Waals surface area contributed by atoms with Gasteiger partial charge in [0.25, 0.3) is 5.91 Å². The molecule has 0 aromatic heterocycles. The number of ether oxygens (including phenoxy) is 1. The molecule has 7 nitrogen and oxygen atoms in total. The number of carbonyl (C=O) groups excluding carboxylic acids is 2. The molecule has 0 aliphatic carbocycles. The Morgan fingerprint density at radius 1 is 1.03 bits per heavy atom. The third kappa shape index (κ3) is 5.86. The van der Waals surface area contributed by atoms with Gasteiger partial charge < -0.3 is 10.1 Å². The fourth-order valence-corrected chi connectivity index (χ4v) is 4.79. The molecule has 1 heterocycles. The largest absolute Gasteiger partial charge is 0.455 e. The first-order chi connectivity index (χ1) is 15.1. The minimum atomic E-state index is -4.55. The van der Waals surface area contributed by atoms with Crippen molar-refractivity contribution in [2.24, 2.45) is 5.92 Å². The first-order valence-electron chi connectivity index (χ1n) is 9.76. The number of hydrogen-bond donors (Lipinski definition) is 1. The van der Waals surface area contributed by atoms with Crippen LogP contribution in [0.15, 0.2) is 59.5 Å². The molecule has 1 fully saturated rings. The molecule has 0 radical (unpaired) electrons. The second-order valence-electron chi connectivity index (χ2n) is 7.23. The van der Waals surface area contributed by atoms with Gasteiger partial charge in [-0.25, -0.2) is 8.42 Å². The highest BCUT2D eigenvalue weighted by molar-refractivity contribution is 7.89. The van der Waals surface area contributed by atoms with Crippen molar-refractivity contribution in [3.05, 3.63) is 60.2 Å². The summed E-state index contributed by atoms with van der Waals surface area (Å²) in [4.78, 5) is 24.4. The van der Waals surface area contributed by atoms with Crippen molar-refractivity contribution in [1.29, 1.82) is 0 Å². The molecule has 1 aliphatic heterocycles. The topological polar surface area (TPSA) is 92.8 Å². The van der Waals surface area contributed by atoms with E-state index < -0.39 is 46.2 Å². The lowest BCUT2D eigenvalue weighted by Gasteiger charge is -2.30. The molecule has 3 rings (SSSR count). The quantitative estimate of drug-likeness (QED) is 0.654. The van der Waals surface area contributed by atoms with Crippen molar-refractivity contribution in [3.8, 4) is 0 Å². The Labute approximate surface area is 183 Å². The predicted molar refractivity (Wildman–Crippen MR) is 109 cm³/mol. The Morgan fingerprint density at radius 3 is 2.31 bits per heavy atom. The van der Waals surface area contributed by atoms with Gasteiger partial charge in [-0.2, -0.15) is 17.5 Å². The van der Waals surface area contributed by atoms with Crippen LogP contribution < -0.4 is 5.32 Å². The monoisotopic (exact) mass is 470 g/mol. The summed E-state index contributed by atoms with van der Waals surface area (Å²) in [6.07, 6.45) is -4.07. The van der Waals surface area contributed by atoms with Crippen molar-refractivity contribution in [3.63, 3.8) is 0 Å². The highest BCUT2D eigenvalue weighted by atomic mass is 32.2. The normalized spacial score (nSPS) is 15.8. The van der Waals surface area contributed by atoms with E-state index in [0.29, 0.717) is 0 Å². The van der Waals surface area contributed by atoms with Crippen molar-refractivity contribution >= 4 is 27.6 Å². The molecule has 0 saturated carbocycles. The lowest BCUT2D eigenvalue weighted by Crippen LogP contribution is -2.40. The molecule has 2 aromatic carbocycles. The zero-order valence-corrected chi connectivity index (χ0v) is 17.7. The van der Waals surface area contributed by atoms with Gasteiger partial charge in [-0.05, 0) is 43.2 Å². The van der Waals surface area contributed by atoms with Gasteiger partial charge in [-0.3, -0.25) is 9.59 Å². The number of sulfonamides is 1. The van der Waals surface area contributed by atoms with E-state index in [-0.39, 0.29) is 36.5 Å². The highest BCUT2D eigenvalue weighted by Crippen LogP contribution is 2.30. The maximum atomic E-state index is 12.7. The van der Waals surface area contributed by atoms with E-state index in [0.717, 1.165) is 18.2 Å². The number of rotatable bonds is 6. The lowest BCUT2D eigenvalue weighted by molar-refractivity contribution is -0.152. The number of benzene rings is 2. The third-order valence-electron chi connectivity index (χ3n) is 4.99. The number of nitrogens with zero attached hydrogens (tertiary/aromatic N) is 1. The molecule has 0 bridgehead atoms. The molecule has 2 aromatic rings. The summed E-state index contributed by atoms with van der Waals surface area (Å²) in [5.41, 5.74) is -0.982. The minimum Gasteiger partial charge on any atom is -0.455 e. The van der Waals surface area contributed by atoms with E-state index in [1.165, 1.54) is 22.5 Å². The molecular formula is C21H21F3N2O5S. The van der Waals surface area contributed by atoms with Crippen LogP contribution in [-0.4, -0.2) is 44.3 Å². The smallest absolute Gasteiger partial charge is 0.416 e. The molecule has 1 amide bonds. The van der Waals surface area contributed by atoms with Gasteiger partial charge in [0.1, 0.15) is 0 Å². The second-order valence-corrected chi connectivity index (χ2v) is 9.16. The summed E-state index contributed by atoms with van der Waals surface area (Å²) >= 11 is 0. The van der Waals surface area contributed by atoms with Gasteiger partial charge >= 0.3 is 12.1 Å². The van der Waals surface area contributed by atoms with Crippen molar-refractivity contribution in [1.82, 2.24) is 4.31 Å². The Hall–Kier alpha value is -2.92. The number of halogens is 3. The van der Waals surface area contributed by atoms with E-state index in [9.17, 15) is 31.2 Å². The third-order valence-corrected chi connectivity index (χ3v) is 6.90. The lowest BCUT2D eigenvalue weighted by atomic mass is 9.98. The molecule has 0 unspecified atom stereocenters. The van der Waals surface area contributed by atoms with Crippen LogP contribution in [0, 0.1) is 5.92 Å². The van der Waals surface area contributed by atoms with Crippen molar-refractivity contribution in [2.75, 3.05) is 25.0 Å². The number of anilines is 1. The van der Waals surface area contributed by atoms with E-state index >= 15 is 0 Å². The zero-order valence-electron chi connectivity index (χ0n) is 16.8. The summed E-state index contributed by atoms with van der Waals surface area (Å²) in [6.45, 7) is -0.390. The van der Waals surface area contributed by atoms with Crippen LogP contribution in [0.25, 0.3) is 0 Å². The number of carbonyl (C=O) groups is 2. The first kappa shape index (κ1) is 23.7. The highest BCUT2D eigenvalue weighted by Gasteiger charge is 2.33. The van der Waals surface area contributed by atoms with Crippen LogP contribution in [0.4, 0.5) is 18.9 Å². The molecule has 32 heavy (non-hydrogen) atoms. The molecule has 0 atom stereocenters. The Balaban J connectivity index is 1.48. The molecule has 0 spiro atoms. The molecular weight excluding hydrogens is 449 g/mol. The number of alkyl halides is 3. The molecule has 1 saturated heterocycles. The van der Waals surface area contributed by atoms with Gasteiger partial charge in [0, 0.05) is 18.8 Å². The SMILES string of the molecule is O=C(COC(=O)C1CCN(S(=O)(=O)c2ccccc2)CC1)Nc1cccc(C(F)(F)F)c1. The minimum absolute atomic E-state index is 0.0692. The van der Waals surface area contributed by atoms with Gasteiger partial charge in [0.05, 0.1) is 16.4 Å². The number of amides is 1. The van der Waals surface area contributed by atoms with Crippen LogP contribution >= 0.6 is 0 Å². The summed E-state index contributed by atoms with van der Waals surface area (Å²) in [7, 11) is -3.65. The first-order valence-corrected chi connectivity index (χ1v) is 11.2. The number of hydrogen-bond acceptors (Lipinski definition) is 5. The second kappa shape index (κ2) is 9.70. The number of piperidine rings is 1. The van der Waals surface area contributed by atoms with E-state index in [4.69, 9.17) is 4.74 Å². The van der Waals surface area contributed by atoms with Gasteiger partial charge in [-0.15, -0.1) is 0 Å². The van der Waals surface area contributed by atoms with Crippen LogP contribution in [0.3, 0.4) is 0 Å². The predicted octanol–water partition coefficient (Wildman–Crippen LogP) is 3.29. The van der Waals surface area contributed by atoms with Crippen LogP contribution in [0.5, 0.6) is 0 Å². The van der Waals surface area contributed by atoms with Crippen LogP contribution in [0.2, 0.25) is 0 Å². The maximum absolute atomic E-state index is 12.7. The van der Waals surface area contributed by atoms with Gasteiger partial charge in [0.15, 0.2) is 6.61 Å². The molecule has 172 valence electrons. The Kier molecular flexibility index (Phi) is 7.19. The summed E-state index contributed by atoms with van der Waals surface area (Å²) in [5.74, 6) is -2.00. The van der Waals surface area contributed by atoms with Crippen molar-refractivity contribution < 1.29 is 35.9 Å². The Bertz CT molecular complexity index is 1070. The van der Waals surface area contributed by atoms with Crippen LogP contribution in [0.1, 0.15) is 18.4 Å². The summed E-state index contributed by atoms with van der Waals surface area (Å²) in [5, 5.41) is 2.25. The van der Waals surface area contributed by atoms with Gasteiger partial charge in [0.2, 0.25) is 10.0 Å². The zero-order chi connectivity index (χ0) is 23.4. The summed E-state index contributed by atoms with van der Waals surface area (Å²) in [6, 6.07) is 12.1. The molecule has 11 heteroatoms. The van der Waals surface area contributed by atoms with E-state index in [1.807, 2.05) is 0 Å². The van der Waals surface area contributed by atoms with Crippen LogP contribution in [-0.2, 0) is 30.5 Å². The van der Waals surface area contributed by atoms with Crippen molar-refractivity contribution in [2.45, 2.75) is 23.9 Å². The average molecular weight is 470 g/mol. The van der Waals surface area contributed by atoms with Gasteiger partial charge in [-0.1, -0.05) is 24.3 Å². The standard InChI is InChI=1S/C21H21F3N2O5S/c22-21(23,24)16-5-4-6-17(13-16)25-19(27)14-31-20(28)15-9-11-26(12-10-15)32(29,30)18-7-2-1-3-8-18/h1-8,13,15H,9-12,14H2,(H,25,27). The Morgan fingerprint density at radius 2 is 1.69 bits per heavy atom. The fourth-order valence-electron chi connectivity index (χ4n) is 3.30. The fraction of sp³-hybridized carbons (Fsp3) is 0.333. The average Bonchev–Trinajstić information content (AvgIpc) is 2.78. The van der Waals surface area contributed by atoms with E-state index in [1.54, 1.807) is 18.2 Å². The number of nitrogens with one attached hydrogen (secondary N) is 1. The molecule has 1 N–H and O–H groups in total.